The van der Waals surface area contributed by atoms with Crippen LogP contribution in [0.1, 0.15) is 70.1 Å². The Labute approximate surface area is 253 Å². The number of pyridine rings is 1. The maximum atomic E-state index is 13.1. The summed E-state index contributed by atoms with van der Waals surface area (Å²) >= 11 is 0. The summed E-state index contributed by atoms with van der Waals surface area (Å²) in [5.41, 5.74) is 10.7. The van der Waals surface area contributed by atoms with E-state index >= 15 is 0 Å². The number of nitrogens with zero attached hydrogens (tertiary/aromatic N) is 3. The monoisotopic (exact) mass is 579 g/mol. The van der Waals surface area contributed by atoms with Crippen molar-refractivity contribution in [2.75, 3.05) is 51.7 Å². The Kier molecular flexibility index (Phi) is 15.9. The molecule has 0 unspecified atom stereocenters. The van der Waals surface area contributed by atoms with Crippen LogP contribution in [-0.2, 0) is 20.9 Å². The van der Waals surface area contributed by atoms with Gasteiger partial charge >= 0.3 is 0 Å². The number of ether oxygens (including phenoxy) is 1. The number of hydrogen-bond acceptors (Lipinski definition) is 6. The van der Waals surface area contributed by atoms with Crippen molar-refractivity contribution in [3.8, 4) is 0 Å². The molecule has 2 fully saturated rings. The Hall–Kier alpha value is -3.23. The molecule has 0 spiro atoms. The number of piperidine rings is 2. The van der Waals surface area contributed by atoms with Crippen LogP contribution in [0, 0.1) is 18.8 Å². The molecule has 1 aromatic heterocycles. The van der Waals surface area contributed by atoms with E-state index in [1.807, 2.05) is 32.9 Å². The lowest BCUT2D eigenvalue weighted by Gasteiger charge is -2.37. The quantitative estimate of drug-likeness (QED) is 0.390. The number of anilines is 1. The first kappa shape index (κ1) is 35.0. The molecule has 232 valence electrons. The van der Waals surface area contributed by atoms with Crippen LogP contribution in [0.25, 0.3) is 5.57 Å². The number of hydrogen-bond donors (Lipinski definition) is 2. The molecule has 2 amide bonds. The van der Waals surface area contributed by atoms with Crippen LogP contribution in [0.3, 0.4) is 0 Å². The minimum absolute atomic E-state index is 0.00490. The van der Waals surface area contributed by atoms with Crippen molar-refractivity contribution in [1.29, 1.82) is 0 Å². The molecule has 4 rings (SSSR count). The Morgan fingerprint density at radius 3 is 2.21 bits per heavy atom. The van der Waals surface area contributed by atoms with Gasteiger partial charge in [0, 0.05) is 51.8 Å². The van der Waals surface area contributed by atoms with E-state index in [0.717, 1.165) is 58.4 Å². The first-order valence-corrected chi connectivity index (χ1v) is 15.6. The molecule has 2 aliphatic rings. The summed E-state index contributed by atoms with van der Waals surface area (Å²) in [4.78, 5) is 31.9. The van der Waals surface area contributed by atoms with Crippen LogP contribution in [0.2, 0.25) is 0 Å². The lowest BCUT2D eigenvalue weighted by Crippen LogP contribution is -2.45. The van der Waals surface area contributed by atoms with Gasteiger partial charge in [0.05, 0.1) is 6.61 Å². The van der Waals surface area contributed by atoms with Crippen LogP contribution in [-0.4, -0.2) is 72.5 Å². The third-order valence-electron chi connectivity index (χ3n) is 7.73. The number of aromatic nitrogens is 1. The molecule has 0 bridgehead atoms. The average molecular weight is 580 g/mol. The van der Waals surface area contributed by atoms with Crippen molar-refractivity contribution in [3.63, 3.8) is 0 Å². The summed E-state index contributed by atoms with van der Waals surface area (Å²) in [7, 11) is 0. The molecule has 2 aromatic rings. The summed E-state index contributed by atoms with van der Waals surface area (Å²) in [5, 5.41) is 2.62. The maximum Gasteiger partial charge on any atom is 0.225 e. The summed E-state index contributed by atoms with van der Waals surface area (Å²) in [6.07, 6.45) is 5.67. The number of aryl methyl sites for hydroxylation is 1. The zero-order valence-corrected chi connectivity index (χ0v) is 26.5. The number of nitrogens with two attached hydrogens (primary N) is 1. The second-order valence-electron chi connectivity index (χ2n) is 10.8. The summed E-state index contributed by atoms with van der Waals surface area (Å²) in [5.74, 6) is 1.55. The molecule has 0 aliphatic carbocycles. The van der Waals surface area contributed by atoms with Crippen LogP contribution in [0.15, 0.2) is 49.2 Å². The van der Waals surface area contributed by atoms with Gasteiger partial charge in [-0.05, 0) is 87.4 Å². The minimum Gasteiger partial charge on any atom is -0.384 e. The smallest absolute Gasteiger partial charge is 0.225 e. The van der Waals surface area contributed by atoms with E-state index in [1.165, 1.54) is 29.2 Å². The average Bonchev–Trinajstić information content (AvgIpc) is 3.01. The predicted molar refractivity (Wildman–Crippen MR) is 173 cm³/mol. The van der Waals surface area contributed by atoms with E-state index in [9.17, 15) is 9.59 Å². The molecule has 8 heteroatoms. The number of carbonyl (C=O) groups excluding carboxylic acids is 2. The van der Waals surface area contributed by atoms with E-state index in [1.54, 1.807) is 6.20 Å². The minimum atomic E-state index is -0.00490. The van der Waals surface area contributed by atoms with E-state index in [0.29, 0.717) is 37.4 Å². The zero-order chi connectivity index (χ0) is 30.9. The number of amides is 2. The summed E-state index contributed by atoms with van der Waals surface area (Å²) < 4.78 is 4.97. The molecule has 0 atom stereocenters. The molecule has 2 aliphatic heterocycles. The van der Waals surface area contributed by atoms with Gasteiger partial charge in [0.15, 0.2) is 0 Å². The Morgan fingerprint density at radius 1 is 1.02 bits per heavy atom. The van der Waals surface area contributed by atoms with E-state index in [4.69, 9.17) is 10.5 Å². The Morgan fingerprint density at radius 2 is 1.64 bits per heavy atom. The largest absolute Gasteiger partial charge is 0.384 e. The fourth-order valence-electron chi connectivity index (χ4n) is 5.34. The molecule has 42 heavy (non-hydrogen) atoms. The van der Waals surface area contributed by atoms with Gasteiger partial charge in [-0.25, -0.2) is 4.98 Å². The predicted octanol–water partition coefficient (Wildman–Crippen LogP) is 5.32. The van der Waals surface area contributed by atoms with Crippen molar-refractivity contribution < 1.29 is 14.3 Å². The fourth-order valence-corrected chi connectivity index (χ4v) is 5.34. The van der Waals surface area contributed by atoms with Crippen molar-refractivity contribution in [3.05, 3.63) is 65.9 Å². The molecule has 1 aromatic carbocycles. The van der Waals surface area contributed by atoms with Gasteiger partial charge in [0.25, 0.3) is 0 Å². The molecule has 2 saturated heterocycles. The van der Waals surface area contributed by atoms with Crippen molar-refractivity contribution in [2.45, 2.75) is 66.8 Å². The highest BCUT2D eigenvalue weighted by molar-refractivity contribution is 5.79. The van der Waals surface area contributed by atoms with Crippen LogP contribution < -0.4 is 11.1 Å². The van der Waals surface area contributed by atoms with Crippen LogP contribution >= 0.6 is 0 Å². The van der Waals surface area contributed by atoms with Crippen LogP contribution in [0.4, 0.5) is 5.82 Å². The van der Waals surface area contributed by atoms with E-state index in [2.05, 4.69) is 57.9 Å². The number of likely N-dealkylation sites (tertiary alicyclic amines) is 2. The molecular formula is C34H53N5O3. The summed E-state index contributed by atoms with van der Waals surface area (Å²) in [6.45, 7) is 20.3. The van der Waals surface area contributed by atoms with E-state index < -0.39 is 0 Å². The van der Waals surface area contributed by atoms with Gasteiger partial charge in [0.1, 0.15) is 5.82 Å². The maximum absolute atomic E-state index is 13.1. The number of nitrogens with one attached hydrogen (secondary N) is 1. The number of benzene rings is 1. The fraction of sp³-hybridized carbons (Fsp3) is 0.559. The Bertz CT molecular complexity index is 1090. The molecule has 3 N–H and O–H groups in total. The summed E-state index contributed by atoms with van der Waals surface area (Å²) in [6, 6.07) is 12.6. The van der Waals surface area contributed by atoms with E-state index in [-0.39, 0.29) is 11.8 Å². The number of rotatable bonds is 9. The number of nitrogen functional groups attached to an aromatic ring is 1. The number of carbonyl (C=O) groups is 2. The molecule has 0 saturated carbocycles. The van der Waals surface area contributed by atoms with Crippen molar-refractivity contribution >= 4 is 23.2 Å². The van der Waals surface area contributed by atoms with Crippen LogP contribution in [0.5, 0.6) is 0 Å². The Balaban J connectivity index is 0.000000481. The van der Waals surface area contributed by atoms with Gasteiger partial charge < -0.3 is 20.7 Å². The lowest BCUT2D eigenvalue weighted by molar-refractivity contribution is -0.138. The second kappa shape index (κ2) is 19.1. The van der Waals surface area contributed by atoms with Gasteiger partial charge in [-0.15, -0.1) is 0 Å². The second-order valence-corrected chi connectivity index (χ2v) is 10.8. The van der Waals surface area contributed by atoms with Gasteiger partial charge in [-0.3, -0.25) is 14.5 Å². The third-order valence-corrected chi connectivity index (χ3v) is 7.73. The molecule has 8 nitrogen and oxygen atoms in total. The molecular weight excluding hydrogens is 526 g/mol. The highest BCUT2D eigenvalue weighted by Gasteiger charge is 2.31. The topological polar surface area (TPSA) is 101 Å². The first-order chi connectivity index (χ1) is 20.3. The van der Waals surface area contributed by atoms with Crippen molar-refractivity contribution in [2.24, 2.45) is 11.8 Å². The standard InChI is InChI=1S/C26H34N4O.C6H13NO2.C2H6/c1-19-3-5-22(6-4-19)20(2)23-10-15-30(16-11-23)26(31)24-8-13-29(14-9-24)18-21-7-12-28-25(27)17-21;1-3-9-5-4-7-6(2)8;1-2/h3-7,12,17,23-24H,2,8-11,13-16,18H2,1H3,(H2,27,28);3-5H2,1-2H3,(H,7,8);1-2H3. The van der Waals surface area contributed by atoms with Gasteiger partial charge in [-0.1, -0.05) is 50.3 Å². The van der Waals surface area contributed by atoms with Gasteiger partial charge in [-0.2, -0.15) is 0 Å². The highest BCUT2D eigenvalue weighted by Crippen LogP contribution is 2.32. The first-order valence-electron chi connectivity index (χ1n) is 15.6. The number of allylic oxidation sites excluding steroid dienone is 1. The normalized spacial score (nSPS) is 16.0. The highest BCUT2D eigenvalue weighted by atomic mass is 16.5. The molecule has 3 heterocycles. The van der Waals surface area contributed by atoms with Gasteiger partial charge in [0.2, 0.25) is 11.8 Å². The lowest BCUT2D eigenvalue weighted by atomic mass is 9.85. The molecule has 0 radical (unpaired) electrons. The zero-order valence-electron chi connectivity index (χ0n) is 26.5. The SMILES string of the molecule is C=C(c1ccc(C)cc1)C1CCN(C(=O)C2CCN(Cc3ccnc(N)c3)CC2)CC1.CC.CCOCCNC(C)=O. The van der Waals surface area contributed by atoms with Crippen molar-refractivity contribution in [1.82, 2.24) is 20.1 Å². The third kappa shape index (κ3) is 11.9.